The summed E-state index contributed by atoms with van der Waals surface area (Å²) in [7, 11) is -4.64. The largest absolute Gasteiger partial charge is 0.466 e. The topological polar surface area (TPSA) is 145 Å². The molecule has 0 fully saturated rings. The Morgan fingerprint density at radius 3 is 1.59 bits per heavy atom. The molecule has 27 heavy (non-hydrogen) atoms. The molecule has 0 aliphatic heterocycles. The fourth-order valence-electron chi connectivity index (χ4n) is 2.42. The molecule has 0 radical (unpaired) electrons. The predicted octanol–water partition coefficient (Wildman–Crippen LogP) is 3.90. The van der Waals surface area contributed by atoms with Crippen LogP contribution >= 0.6 is 7.82 Å². The molecule has 0 aliphatic carbocycles. The normalized spacial score (nSPS) is 10.7. The van der Waals surface area contributed by atoms with Crippen molar-refractivity contribution in [2.24, 2.45) is 5.73 Å². The number of rotatable bonds is 10. The number of aromatic amines is 1. The van der Waals surface area contributed by atoms with Crippen LogP contribution < -0.4 is 5.73 Å². The molecule has 2 aromatic rings. The van der Waals surface area contributed by atoms with E-state index in [0.717, 1.165) is 17.6 Å². The molecule has 6 N–H and O–H groups in total. The number of nitrogens with two attached hydrogens (primary N) is 1. The molecule has 0 aliphatic rings. The van der Waals surface area contributed by atoms with Crippen LogP contribution in [0.4, 0.5) is 0 Å². The van der Waals surface area contributed by atoms with Gasteiger partial charge < -0.3 is 20.4 Å². The van der Waals surface area contributed by atoms with Gasteiger partial charge in [-0.05, 0) is 25.1 Å². The minimum absolute atomic E-state index is 0.872. The van der Waals surface area contributed by atoms with Crippen molar-refractivity contribution < 1.29 is 19.2 Å². The van der Waals surface area contributed by atoms with Crippen molar-refractivity contribution >= 4 is 18.9 Å². The minimum Gasteiger partial charge on any atom is -0.330 e. The van der Waals surface area contributed by atoms with Crippen LogP contribution in [-0.4, -0.2) is 36.6 Å². The monoisotopic (exact) mass is 402 g/mol. The maximum Gasteiger partial charge on any atom is 0.466 e. The Hall–Kier alpha value is -1.31. The molecule has 0 saturated carbocycles. The van der Waals surface area contributed by atoms with E-state index >= 15 is 0 Å². The van der Waals surface area contributed by atoms with Gasteiger partial charge in [-0.3, -0.25) is 0 Å². The van der Waals surface area contributed by atoms with Crippen molar-refractivity contribution in [3.05, 3.63) is 24.3 Å². The van der Waals surface area contributed by atoms with Gasteiger partial charge in [0.25, 0.3) is 0 Å². The van der Waals surface area contributed by atoms with Crippen LogP contribution in [0.1, 0.15) is 71.1 Å². The lowest BCUT2D eigenvalue weighted by atomic mass is 10.1. The number of fused-ring (bicyclic) bond motifs is 1. The summed E-state index contributed by atoms with van der Waals surface area (Å²) in [6.07, 6.45) is 13.9. The maximum atomic E-state index is 8.88. The van der Waals surface area contributed by atoms with Crippen LogP contribution in [0.25, 0.3) is 11.0 Å². The Balaban J connectivity index is 0.000000415. The second-order valence-electron chi connectivity index (χ2n) is 6.30. The maximum absolute atomic E-state index is 8.88. The highest BCUT2D eigenvalue weighted by atomic mass is 31.2. The lowest BCUT2D eigenvalue weighted by Gasteiger charge is -2.00. The van der Waals surface area contributed by atoms with Gasteiger partial charge in [0.05, 0.1) is 0 Å². The fourth-order valence-corrected chi connectivity index (χ4v) is 2.42. The number of para-hydroxylation sites is 2. The van der Waals surface area contributed by atoms with Gasteiger partial charge in [-0.1, -0.05) is 76.8 Å². The van der Waals surface area contributed by atoms with Crippen molar-refractivity contribution in [1.82, 2.24) is 15.4 Å². The Labute approximate surface area is 161 Å². The highest BCUT2D eigenvalue weighted by Gasteiger charge is 2.00. The summed E-state index contributed by atoms with van der Waals surface area (Å²) in [5.74, 6) is 0. The van der Waals surface area contributed by atoms with Crippen molar-refractivity contribution in [3.63, 3.8) is 0 Å². The third-order valence-corrected chi connectivity index (χ3v) is 3.78. The molecule has 1 heterocycles. The van der Waals surface area contributed by atoms with E-state index < -0.39 is 7.82 Å². The van der Waals surface area contributed by atoms with E-state index in [2.05, 4.69) is 22.3 Å². The van der Waals surface area contributed by atoms with Gasteiger partial charge in [0.15, 0.2) is 0 Å². The molecule has 1 aromatic carbocycles. The first-order valence-electron chi connectivity index (χ1n) is 9.62. The van der Waals surface area contributed by atoms with E-state index in [0.29, 0.717) is 0 Å². The molecule has 0 unspecified atom stereocenters. The molecule has 0 bridgehead atoms. The number of H-pyrrole nitrogens is 1. The summed E-state index contributed by atoms with van der Waals surface area (Å²) >= 11 is 0. The zero-order valence-corrected chi connectivity index (χ0v) is 17.2. The van der Waals surface area contributed by atoms with Crippen LogP contribution in [0.5, 0.6) is 0 Å². The second-order valence-corrected chi connectivity index (χ2v) is 7.32. The first-order chi connectivity index (χ1) is 12.9. The summed E-state index contributed by atoms with van der Waals surface area (Å²) in [6.45, 7) is 3.14. The highest BCUT2D eigenvalue weighted by Crippen LogP contribution is 2.25. The Bertz CT molecular complexity index is 570. The van der Waals surface area contributed by atoms with Crippen LogP contribution in [0.3, 0.4) is 0 Å². The number of hydrogen-bond acceptors (Lipinski definition) is 4. The first-order valence-corrected chi connectivity index (χ1v) is 11.2. The molecule has 0 saturated heterocycles. The fraction of sp³-hybridized carbons (Fsp3) is 0.667. The molecule has 0 amide bonds. The Morgan fingerprint density at radius 2 is 1.22 bits per heavy atom. The number of benzene rings is 1. The van der Waals surface area contributed by atoms with Crippen LogP contribution in [0, 0.1) is 0 Å². The molecule has 8 nitrogen and oxygen atoms in total. The zero-order valence-electron chi connectivity index (χ0n) is 16.3. The SMILES string of the molecule is CCCCCCCCCCCCN.O=P(O)(O)O.c1ccc2n[nH]nc2c1. The summed E-state index contributed by atoms with van der Waals surface area (Å²) in [6, 6.07) is 7.70. The van der Waals surface area contributed by atoms with Crippen molar-refractivity contribution in [3.8, 4) is 0 Å². The third-order valence-electron chi connectivity index (χ3n) is 3.78. The van der Waals surface area contributed by atoms with E-state index in [4.69, 9.17) is 25.0 Å². The van der Waals surface area contributed by atoms with E-state index in [-0.39, 0.29) is 0 Å². The molecule has 1 aromatic heterocycles. The van der Waals surface area contributed by atoms with Crippen molar-refractivity contribution in [2.75, 3.05) is 6.54 Å². The number of unbranched alkanes of at least 4 members (excludes halogenated alkanes) is 9. The van der Waals surface area contributed by atoms with Gasteiger partial charge in [-0.2, -0.15) is 15.4 Å². The summed E-state index contributed by atoms with van der Waals surface area (Å²) in [4.78, 5) is 21.6. The van der Waals surface area contributed by atoms with Crippen molar-refractivity contribution in [2.45, 2.75) is 71.1 Å². The summed E-state index contributed by atoms with van der Waals surface area (Å²) < 4.78 is 8.88. The quantitative estimate of drug-likeness (QED) is 0.299. The van der Waals surface area contributed by atoms with Crippen LogP contribution in [0.15, 0.2) is 24.3 Å². The number of hydrogen-bond donors (Lipinski definition) is 5. The first kappa shape index (κ1) is 25.7. The lowest BCUT2D eigenvalue weighted by molar-refractivity contribution is 0.275. The van der Waals surface area contributed by atoms with Crippen molar-refractivity contribution in [1.29, 1.82) is 0 Å². The highest BCUT2D eigenvalue weighted by molar-refractivity contribution is 7.45. The molecular formula is C18H35N4O4P. The Morgan fingerprint density at radius 1 is 0.852 bits per heavy atom. The van der Waals surface area contributed by atoms with Gasteiger partial charge in [0.1, 0.15) is 11.0 Å². The van der Waals surface area contributed by atoms with Gasteiger partial charge in [0.2, 0.25) is 0 Å². The average molecular weight is 402 g/mol. The standard InChI is InChI=1S/C12H27N.C6H5N3.H3O4P/c1-2-3-4-5-6-7-8-9-10-11-12-13;1-2-4-6-5(3-1)7-9-8-6;1-5(2,3)4/h2-13H2,1H3;1-4H,(H,7,8,9);(H3,1,2,3,4). The summed E-state index contributed by atoms with van der Waals surface area (Å²) in [5.41, 5.74) is 7.25. The van der Waals surface area contributed by atoms with Gasteiger partial charge in [-0.15, -0.1) is 0 Å². The smallest absolute Gasteiger partial charge is 0.330 e. The molecule has 9 heteroatoms. The minimum atomic E-state index is -4.64. The molecular weight excluding hydrogens is 367 g/mol. The van der Waals surface area contributed by atoms with E-state index in [1.54, 1.807) is 0 Å². The Kier molecular flexibility index (Phi) is 16.0. The zero-order chi connectivity index (χ0) is 20.4. The van der Waals surface area contributed by atoms with E-state index in [9.17, 15) is 0 Å². The third kappa shape index (κ3) is 19.3. The van der Waals surface area contributed by atoms with Gasteiger partial charge >= 0.3 is 7.82 Å². The van der Waals surface area contributed by atoms with E-state index in [1.165, 1.54) is 64.2 Å². The summed E-state index contributed by atoms with van der Waals surface area (Å²) in [5, 5.41) is 10.3. The molecule has 2 rings (SSSR count). The molecule has 0 atom stereocenters. The number of nitrogens with zero attached hydrogens (tertiary/aromatic N) is 2. The van der Waals surface area contributed by atoms with Crippen LogP contribution in [0.2, 0.25) is 0 Å². The number of aromatic nitrogens is 3. The van der Waals surface area contributed by atoms with Crippen LogP contribution in [-0.2, 0) is 4.57 Å². The average Bonchev–Trinajstić information content (AvgIpc) is 3.08. The lowest BCUT2D eigenvalue weighted by Crippen LogP contribution is -1.97. The molecule has 0 spiro atoms. The van der Waals surface area contributed by atoms with E-state index in [1.807, 2.05) is 24.3 Å². The molecule has 156 valence electrons. The predicted molar refractivity (Wildman–Crippen MR) is 109 cm³/mol. The number of nitrogens with one attached hydrogen (secondary N) is 1. The van der Waals surface area contributed by atoms with Gasteiger partial charge in [-0.25, -0.2) is 4.57 Å². The van der Waals surface area contributed by atoms with Gasteiger partial charge in [0, 0.05) is 0 Å². The second kappa shape index (κ2) is 16.8. The number of phosphoric acid groups is 1.